The summed E-state index contributed by atoms with van der Waals surface area (Å²) in [7, 11) is 0. The van der Waals surface area contributed by atoms with Gasteiger partial charge in [-0.1, -0.05) is 21.1 Å². The van der Waals surface area contributed by atoms with Gasteiger partial charge < -0.3 is 19.7 Å². The molecular weight excluding hydrogens is 682 g/mol. The van der Waals surface area contributed by atoms with Crippen LogP contribution >= 0.6 is 15.9 Å². The Bertz CT molecular complexity index is 1910. The van der Waals surface area contributed by atoms with Gasteiger partial charge in [0.1, 0.15) is 28.3 Å². The highest BCUT2D eigenvalue weighted by Crippen LogP contribution is 2.37. The quantitative estimate of drug-likeness (QED) is 0.223. The van der Waals surface area contributed by atoms with Crippen molar-refractivity contribution in [2.24, 2.45) is 0 Å². The molecule has 0 bridgehead atoms. The van der Waals surface area contributed by atoms with E-state index in [9.17, 15) is 18.4 Å². The first kappa shape index (κ1) is 32.0. The number of anilines is 1. The predicted molar refractivity (Wildman–Crippen MR) is 168 cm³/mol. The van der Waals surface area contributed by atoms with Crippen molar-refractivity contribution in [2.45, 2.75) is 58.4 Å². The monoisotopic (exact) mass is 712 g/mol. The average molecular weight is 714 g/mol. The highest BCUT2D eigenvalue weighted by molar-refractivity contribution is 9.10. The van der Waals surface area contributed by atoms with E-state index in [1.807, 2.05) is 27.0 Å². The Balaban J connectivity index is 1.24. The molecule has 5 heterocycles. The molecule has 1 fully saturated rings. The smallest absolute Gasteiger partial charge is 0.410 e. The lowest BCUT2D eigenvalue weighted by Crippen LogP contribution is -2.42. The molecule has 1 aliphatic rings. The number of likely N-dealkylation sites (tertiary alicyclic amines) is 1. The Morgan fingerprint density at radius 3 is 2.70 bits per heavy atom. The molecule has 4 aromatic heterocycles. The number of aromatic nitrogens is 8. The summed E-state index contributed by atoms with van der Waals surface area (Å²) in [6, 6.07) is 6.26. The molecule has 0 saturated carbocycles. The Labute approximate surface area is 275 Å². The third-order valence-corrected chi connectivity index (χ3v) is 7.81. The van der Waals surface area contributed by atoms with E-state index in [4.69, 9.17) is 9.47 Å². The predicted octanol–water partition coefficient (Wildman–Crippen LogP) is 5.42. The zero-order chi connectivity index (χ0) is 33.3. The van der Waals surface area contributed by atoms with Crippen LogP contribution in [0.2, 0.25) is 0 Å². The number of ether oxygens (including phenoxy) is 2. The lowest BCUT2D eigenvalue weighted by molar-refractivity contribution is -0.0494. The topological polar surface area (TPSA) is 147 Å². The molecule has 14 nitrogen and oxygen atoms in total. The minimum absolute atomic E-state index is 0.0353. The van der Waals surface area contributed by atoms with Crippen molar-refractivity contribution < 1.29 is 27.8 Å². The van der Waals surface area contributed by atoms with Gasteiger partial charge in [-0.15, -0.1) is 5.10 Å². The van der Waals surface area contributed by atoms with Crippen molar-refractivity contribution in [3.63, 3.8) is 0 Å². The standard InChI is InChI=1S/C30H31BrF2N10O4/c1-30(2,3)47-29(45)40-11-7-20(8-12-40)43-16-19(37-39-43)15-41-17-23(36-27(44)22-14-35-42-10-4-9-34-26(22)42)25(38-41)21-13-18(31)5-6-24(21)46-28(32)33/h4-6,9-10,13-14,16-17,20,28H,7-8,11-12,15H2,1-3H3,(H,36,44). The minimum Gasteiger partial charge on any atom is -0.444 e. The Hall–Kier alpha value is -4.93. The zero-order valence-electron chi connectivity index (χ0n) is 25.7. The number of rotatable bonds is 8. The Morgan fingerprint density at radius 1 is 1.17 bits per heavy atom. The van der Waals surface area contributed by atoms with Crippen LogP contribution in [0.25, 0.3) is 16.9 Å². The molecule has 2 amide bonds. The maximum atomic E-state index is 13.4. The molecule has 0 unspecified atom stereocenters. The van der Waals surface area contributed by atoms with E-state index in [2.05, 4.69) is 46.7 Å². The largest absolute Gasteiger partial charge is 0.444 e. The number of alkyl halides is 2. The van der Waals surface area contributed by atoms with Crippen LogP contribution in [0, 0.1) is 0 Å². The summed E-state index contributed by atoms with van der Waals surface area (Å²) >= 11 is 3.39. The van der Waals surface area contributed by atoms with E-state index in [0.29, 0.717) is 41.7 Å². The number of carbonyl (C=O) groups excluding carboxylic acids is 2. The van der Waals surface area contributed by atoms with Crippen LogP contribution < -0.4 is 10.1 Å². The second-order valence-corrected chi connectivity index (χ2v) is 12.8. The van der Waals surface area contributed by atoms with Crippen LogP contribution in [0.3, 0.4) is 0 Å². The molecule has 47 heavy (non-hydrogen) atoms. The van der Waals surface area contributed by atoms with Gasteiger partial charge in [0, 0.05) is 41.7 Å². The van der Waals surface area contributed by atoms with Gasteiger partial charge in [0.2, 0.25) is 0 Å². The van der Waals surface area contributed by atoms with Crippen molar-refractivity contribution in [1.82, 2.24) is 44.3 Å². The highest BCUT2D eigenvalue weighted by Gasteiger charge is 2.28. The number of hydrogen-bond donors (Lipinski definition) is 1. The van der Waals surface area contributed by atoms with Gasteiger partial charge in [-0.2, -0.15) is 19.0 Å². The molecule has 1 N–H and O–H groups in total. The summed E-state index contributed by atoms with van der Waals surface area (Å²) in [6.45, 7) is 3.64. The molecule has 246 valence electrons. The molecule has 0 atom stereocenters. The van der Waals surface area contributed by atoms with Crippen LogP contribution in [-0.4, -0.2) is 81.6 Å². The normalized spacial score (nSPS) is 14.1. The molecule has 17 heteroatoms. The maximum absolute atomic E-state index is 13.4. The number of benzene rings is 1. The molecule has 0 aliphatic carbocycles. The lowest BCUT2D eigenvalue weighted by atomic mass is 10.1. The van der Waals surface area contributed by atoms with Crippen LogP contribution in [0.15, 0.2) is 59.7 Å². The fourth-order valence-corrected chi connectivity index (χ4v) is 5.59. The first-order chi connectivity index (χ1) is 22.4. The van der Waals surface area contributed by atoms with Crippen LogP contribution in [0.4, 0.5) is 19.3 Å². The summed E-state index contributed by atoms with van der Waals surface area (Å²) in [4.78, 5) is 31.8. The first-order valence-corrected chi connectivity index (χ1v) is 15.5. The van der Waals surface area contributed by atoms with Crippen LogP contribution in [0.5, 0.6) is 5.75 Å². The van der Waals surface area contributed by atoms with Crippen molar-refractivity contribution >= 4 is 39.3 Å². The van der Waals surface area contributed by atoms with Gasteiger partial charge in [0.15, 0.2) is 5.65 Å². The molecular formula is C30H31BrF2N10O4. The van der Waals surface area contributed by atoms with E-state index in [1.165, 1.54) is 21.5 Å². The Kier molecular flexibility index (Phi) is 8.90. The van der Waals surface area contributed by atoms with E-state index in [1.54, 1.807) is 46.4 Å². The number of halogens is 3. The second-order valence-electron chi connectivity index (χ2n) is 11.9. The third-order valence-electron chi connectivity index (χ3n) is 7.32. The van der Waals surface area contributed by atoms with Gasteiger partial charge in [-0.3, -0.25) is 9.48 Å². The van der Waals surface area contributed by atoms with E-state index in [-0.39, 0.29) is 46.9 Å². The zero-order valence-corrected chi connectivity index (χ0v) is 27.3. The molecule has 1 aromatic carbocycles. The van der Waals surface area contributed by atoms with Crippen LogP contribution in [0.1, 0.15) is 55.7 Å². The fourth-order valence-electron chi connectivity index (χ4n) is 5.23. The summed E-state index contributed by atoms with van der Waals surface area (Å²) in [5.74, 6) is -0.639. The number of hydrogen-bond acceptors (Lipinski definition) is 9. The van der Waals surface area contributed by atoms with Crippen molar-refractivity contribution in [3.8, 4) is 17.0 Å². The summed E-state index contributed by atoms with van der Waals surface area (Å²) in [5, 5.41) is 20.3. The molecule has 0 spiro atoms. The van der Waals surface area contributed by atoms with Gasteiger partial charge >= 0.3 is 12.7 Å². The fraction of sp³-hybridized carbons (Fsp3) is 0.367. The summed E-state index contributed by atoms with van der Waals surface area (Å²) in [5.41, 5.74) is 1.23. The van der Waals surface area contributed by atoms with E-state index >= 15 is 0 Å². The van der Waals surface area contributed by atoms with Crippen LogP contribution in [-0.2, 0) is 11.3 Å². The van der Waals surface area contributed by atoms with Gasteiger partial charge in [-0.25, -0.2) is 19.0 Å². The first-order valence-electron chi connectivity index (χ1n) is 14.7. The van der Waals surface area contributed by atoms with Crippen molar-refractivity contribution in [2.75, 3.05) is 18.4 Å². The SMILES string of the molecule is CC(C)(C)OC(=O)N1CCC(n2cc(Cn3cc(NC(=O)c4cnn5cccnc45)c(-c4cc(Br)ccc4OC(F)F)n3)nn2)CC1. The number of carbonyl (C=O) groups is 2. The molecule has 1 saturated heterocycles. The van der Waals surface area contributed by atoms with Crippen molar-refractivity contribution in [3.05, 3.63) is 71.0 Å². The molecule has 0 radical (unpaired) electrons. The van der Waals surface area contributed by atoms with E-state index in [0.717, 1.165) is 0 Å². The van der Waals surface area contributed by atoms with Gasteiger partial charge in [0.05, 0.1) is 30.7 Å². The number of piperidine rings is 1. The van der Waals surface area contributed by atoms with Gasteiger partial charge in [0.25, 0.3) is 5.91 Å². The maximum Gasteiger partial charge on any atom is 0.410 e. The summed E-state index contributed by atoms with van der Waals surface area (Å²) < 4.78 is 42.3. The average Bonchev–Trinajstić information content (AvgIpc) is 3.76. The molecule has 1 aliphatic heterocycles. The second kappa shape index (κ2) is 13.1. The number of amides is 2. The highest BCUT2D eigenvalue weighted by atomic mass is 79.9. The van der Waals surface area contributed by atoms with E-state index < -0.39 is 18.1 Å². The number of fused-ring (bicyclic) bond motifs is 1. The molecule has 6 rings (SSSR count). The lowest BCUT2D eigenvalue weighted by Gasteiger charge is -2.33. The third kappa shape index (κ3) is 7.40. The molecule has 5 aromatic rings. The van der Waals surface area contributed by atoms with Gasteiger partial charge in [-0.05, 0) is 57.9 Å². The number of nitrogens with one attached hydrogen (secondary N) is 1. The summed E-state index contributed by atoms with van der Waals surface area (Å²) in [6.07, 6.45) is 9.01. The van der Waals surface area contributed by atoms with Crippen molar-refractivity contribution in [1.29, 1.82) is 0 Å². The number of nitrogens with zero attached hydrogens (tertiary/aromatic N) is 9. The Morgan fingerprint density at radius 2 is 1.96 bits per heavy atom. The minimum atomic E-state index is -3.08.